The van der Waals surface area contributed by atoms with Crippen molar-refractivity contribution in [1.29, 1.82) is 0 Å². The molecular formula is C21H23F2NO4. The van der Waals surface area contributed by atoms with E-state index in [9.17, 15) is 18.4 Å². The lowest BCUT2D eigenvalue weighted by atomic mass is 9.98. The first-order chi connectivity index (χ1) is 13.0. The number of hydrogen-bond donors (Lipinski definition) is 0. The van der Waals surface area contributed by atoms with Crippen molar-refractivity contribution in [2.45, 2.75) is 32.9 Å². The lowest BCUT2D eigenvalue weighted by Crippen LogP contribution is -2.33. The molecule has 7 heteroatoms. The molecule has 0 aliphatic rings. The number of methoxy groups -OCH3 is 1. The Bertz CT molecular complexity index is 890. The van der Waals surface area contributed by atoms with Crippen LogP contribution in [0.15, 0.2) is 36.4 Å². The molecule has 2 aromatic rings. The maximum absolute atomic E-state index is 14.3. The molecule has 150 valence electrons. The summed E-state index contributed by atoms with van der Waals surface area (Å²) in [6, 6.07) is 8.05. The highest BCUT2D eigenvalue weighted by Crippen LogP contribution is 2.28. The summed E-state index contributed by atoms with van der Waals surface area (Å²) >= 11 is 0. The lowest BCUT2D eigenvalue weighted by Gasteiger charge is -2.25. The van der Waals surface area contributed by atoms with E-state index in [2.05, 4.69) is 4.74 Å². The molecule has 0 radical (unpaired) electrons. The van der Waals surface area contributed by atoms with Gasteiger partial charge in [-0.3, -0.25) is 0 Å². The first-order valence-corrected chi connectivity index (χ1v) is 8.62. The van der Waals surface area contributed by atoms with Crippen LogP contribution in [0.3, 0.4) is 0 Å². The highest BCUT2D eigenvalue weighted by Gasteiger charge is 2.21. The predicted octanol–water partition coefficient (Wildman–Crippen LogP) is 4.79. The molecule has 0 spiro atoms. The Morgan fingerprint density at radius 3 is 2.32 bits per heavy atom. The monoisotopic (exact) mass is 391 g/mol. The first kappa shape index (κ1) is 21.3. The molecule has 28 heavy (non-hydrogen) atoms. The van der Waals surface area contributed by atoms with Crippen molar-refractivity contribution in [1.82, 2.24) is 4.90 Å². The molecule has 0 saturated carbocycles. The lowest BCUT2D eigenvalue weighted by molar-refractivity contribution is 0.0285. The number of ether oxygens (including phenoxy) is 2. The van der Waals surface area contributed by atoms with Crippen LogP contribution in [0.2, 0.25) is 0 Å². The van der Waals surface area contributed by atoms with Gasteiger partial charge in [-0.25, -0.2) is 18.4 Å². The second-order valence-corrected chi connectivity index (χ2v) is 7.32. The third-order valence-electron chi connectivity index (χ3n) is 3.87. The van der Waals surface area contributed by atoms with E-state index in [4.69, 9.17) is 4.74 Å². The predicted molar refractivity (Wildman–Crippen MR) is 101 cm³/mol. The molecule has 2 aromatic carbocycles. The van der Waals surface area contributed by atoms with Crippen molar-refractivity contribution < 1.29 is 27.8 Å². The molecule has 5 nitrogen and oxygen atoms in total. The number of carbonyl (C=O) groups is 2. The number of halogens is 2. The van der Waals surface area contributed by atoms with Crippen molar-refractivity contribution in [2.75, 3.05) is 14.2 Å². The second-order valence-electron chi connectivity index (χ2n) is 7.32. The van der Waals surface area contributed by atoms with E-state index < -0.39 is 29.3 Å². The molecule has 0 aliphatic carbocycles. The van der Waals surface area contributed by atoms with Crippen LogP contribution in [0.1, 0.15) is 36.7 Å². The molecule has 0 aromatic heterocycles. The van der Waals surface area contributed by atoms with Crippen molar-refractivity contribution in [3.8, 4) is 11.1 Å². The Labute approximate surface area is 162 Å². The Hall–Kier alpha value is -2.96. The molecule has 0 fully saturated rings. The van der Waals surface area contributed by atoms with Gasteiger partial charge in [0, 0.05) is 13.6 Å². The van der Waals surface area contributed by atoms with Crippen LogP contribution < -0.4 is 0 Å². The van der Waals surface area contributed by atoms with E-state index in [0.29, 0.717) is 16.7 Å². The fourth-order valence-electron chi connectivity index (χ4n) is 2.59. The van der Waals surface area contributed by atoms with Gasteiger partial charge in [0.1, 0.15) is 17.2 Å². The smallest absolute Gasteiger partial charge is 0.410 e. The minimum absolute atomic E-state index is 0.0579. The number of esters is 1. The molecule has 0 saturated heterocycles. The van der Waals surface area contributed by atoms with Gasteiger partial charge in [-0.2, -0.15) is 0 Å². The number of amides is 1. The SMILES string of the molecule is COC(=O)c1ccc(-c2ccc(F)cc2CN(C)C(=O)OC(C)(C)C)cc1F. The molecule has 0 atom stereocenters. The number of nitrogens with zero attached hydrogens (tertiary/aromatic N) is 1. The van der Waals surface area contributed by atoms with Crippen LogP contribution in [0.5, 0.6) is 0 Å². The van der Waals surface area contributed by atoms with Crippen LogP contribution >= 0.6 is 0 Å². The van der Waals surface area contributed by atoms with Gasteiger partial charge in [-0.15, -0.1) is 0 Å². The molecule has 0 bridgehead atoms. The standard InChI is InChI=1S/C21H23F2NO4/c1-21(2,3)28-20(26)24(4)12-14-10-15(22)7-9-16(14)13-6-8-17(18(23)11-13)19(25)27-5/h6-11H,12H2,1-5H3. The Kier molecular flexibility index (Phi) is 6.38. The molecule has 0 heterocycles. The van der Waals surface area contributed by atoms with Gasteiger partial charge in [0.25, 0.3) is 0 Å². The minimum Gasteiger partial charge on any atom is -0.465 e. The third-order valence-corrected chi connectivity index (χ3v) is 3.87. The highest BCUT2D eigenvalue weighted by atomic mass is 19.1. The molecule has 2 rings (SSSR count). The maximum atomic E-state index is 14.3. The molecule has 1 amide bonds. The van der Waals surface area contributed by atoms with Crippen LogP contribution in [-0.2, 0) is 16.0 Å². The van der Waals surface area contributed by atoms with Crippen LogP contribution in [0.25, 0.3) is 11.1 Å². The highest BCUT2D eigenvalue weighted by molar-refractivity contribution is 5.90. The molecule has 0 unspecified atom stereocenters. The third kappa shape index (κ3) is 5.28. The van der Waals surface area contributed by atoms with E-state index in [1.54, 1.807) is 26.8 Å². The van der Waals surface area contributed by atoms with E-state index in [1.807, 2.05) is 0 Å². The number of benzene rings is 2. The largest absolute Gasteiger partial charge is 0.465 e. The van der Waals surface area contributed by atoms with E-state index in [0.717, 1.165) is 0 Å². The summed E-state index contributed by atoms with van der Waals surface area (Å²) in [4.78, 5) is 25.1. The van der Waals surface area contributed by atoms with Gasteiger partial charge < -0.3 is 14.4 Å². The van der Waals surface area contributed by atoms with Crippen LogP contribution in [-0.4, -0.2) is 36.7 Å². The Morgan fingerprint density at radius 1 is 1.07 bits per heavy atom. The summed E-state index contributed by atoms with van der Waals surface area (Å²) in [5.74, 6) is -2.02. The summed E-state index contributed by atoms with van der Waals surface area (Å²) < 4.78 is 37.9. The van der Waals surface area contributed by atoms with Gasteiger partial charge in [0.2, 0.25) is 0 Å². The fraction of sp³-hybridized carbons (Fsp3) is 0.333. The minimum atomic E-state index is -0.784. The van der Waals surface area contributed by atoms with Crippen LogP contribution in [0, 0.1) is 11.6 Å². The van der Waals surface area contributed by atoms with E-state index >= 15 is 0 Å². The van der Waals surface area contributed by atoms with Gasteiger partial charge in [-0.1, -0.05) is 12.1 Å². The summed E-state index contributed by atoms with van der Waals surface area (Å²) in [5.41, 5.74) is 0.590. The average Bonchev–Trinajstić information content (AvgIpc) is 2.59. The quantitative estimate of drug-likeness (QED) is 0.704. The number of rotatable bonds is 4. The van der Waals surface area contributed by atoms with Crippen molar-refractivity contribution >= 4 is 12.1 Å². The van der Waals surface area contributed by atoms with E-state index in [1.165, 1.54) is 49.4 Å². The normalized spacial score (nSPS) is 11.1. The maximum Gasteiger partial charge on any atom is 0.410 e. The topological polar surface area (TPSA) is 55.8 Å². The van der Waals surface area contributed by atoms with Gasteiger partial charge in [0.15, 0.2) is 0 Å². The first-order valence-electron chi connectivity index (χ1n) is 8.62. The zero-order valence-electron chi connectivity index (χ0n) is 16.5. The van der Waals surface area contributed by atoms with E-state index in [-0.39, 0.29) is 12.1 Å². The molecule has 0 N–H and O–H groups in total. The Morgan fingerprint density at radius 2 is 1.75 bits per heavy atom. The molecular weight excluding hydrogens is 368 g/mol. The summed E-state index contributed by atoms with van der Waals surface area (Å²) in [6.45, 7) is 5.30. The number of hydrogen-bond acceptors (Lipinski definition) is 4. The zero-order valence-corrected chi connectivity index (χ0v) is 16.5. The summed E-state index contributed by atoms with van der Waals surface area (Å²) in [5, 5.41) is 0. The average molecular weight is 391 g/mol. The van der Waals surface area contributed by atoms with Crippen molar-refractivity contribution in [2.24, 2.45) is 0 Å². The van der Waals surface area contributed by atoms with Crippen LogP contribution in [0.4, 0.5) is 13.6 Å². The van der Waals surface area contributed by atoms with Gasteiger partial charge in [0.05, 0.1) is 12.7 Å². The second kappa shape index (κ2) is 8.37. The van der Waals surface area contributed by atoms with Gasteiger partial charge in [-0.05, 0) is 61.7 Å². The number of carbonyl (C=O) groups excluding carboxylic acids is 2. The zero-order chi connectivity index (χ0) is 21.1. The summed E-state index contributed by atoms with van der Waals surface area (Å²) in [6.07, 6.45) is -0.560. The fourth-order valence-corrected chi connectivity index (χ4v) is 2.59. The van der Waals surface area contributed by atoms with Crippen molar-refractivity contribution in [3.63, 3.8) is 0 Å². The summed E-state index contributed by atoms with van der Waals surface area (Å²) in [7, 11) is 2.70. The van der Waals surface area contributed by atoms with Gasteiger partial charge >= 0.3 is 12.1 Å². The van der Waals surface area contributed by atoms with Crippen molar-refractivity contribution in [3.05, 3.63) is 59.2 Å². The Balaban J connectivity index is 2.36. The molecule has 0 aliphatic heterocycles.